The van der Waals surface area contributed by atoms with Crippen LogP contribution in [0.2, 0.25) is 0 Å². The van der Waals surface area contributed by atoms with Crippen LogP contribution in [0, 0.1) is 0 Å². The molecule has 1 aliphatic carbocycles. The largest absolute Gasteiger partial charge is 0.508 e. The number of fused-ring (bicyclic) bond motifs is 2. The third-order valence-corrected chi connectivity index (χ3v) is 7.22. The van der Waals surface area contributed by atoms with E-state index in [9.17, 15) is 40.2 Å². The summed E-state index contributed by atoms with van der Waals surface area (Å²) in [5.41, 5.74) is 1.64. The first-order valence-corrected chi connectivity index (χ1v) is 13.5. The Morgan fingerprint density at radius 1 is 0.977 bits per heavy atom. The van der Waals surface area contributed by atoms with Crippen LogP contribution in [0.1, 0.15) is 10.4 Å². The van der Waals surface area contributed by atoms with Gasteiger partial charge in [-0.25, -0.2) is 4.79 Å². The molecule has 2 aromatic carbocycles. The minimum absolute atomic E-state index is 0.0380. The number of hydrogen-bond acceptors (Lipinski definition) is 11. The SMILES string of the molecule is O=C(O)c1cc(NC(=S)NCCO[C@H]2OC(CO)[C@@H](O)C(O)C2O)ccc1-c1c2ccc(=O)cc-2oc2cc(O)ccc12. The number of ether oxygens (including phenoxy) is 2. The van der Waals surface area contributed by atoms with E-state index in [1.54, 1.807) is 24.3 Å². The summed E-state index contributed by atoms with van der Waals surface area (Å²) in [5.74, 6) is -1.04. The minimum Gasteiger partial charge on any atom is -0.508 e. The molecule has 1 saturated heterocycles. The molecular weight excluding hydrogens is 584 g/mol. The molecule has 13 nitrogen and oxygen atoms in total. The van der Waals surface area contributed by atoms with E-state index < -0.39 is 43.3 Å². The summed E-state index contributed by atoms with van der Waals surface area (Å²) in [6, 6.07) is 13.3. The molecule has 0 aromatic heterocycles. The lowest BCUT2D eigenvalue weighted by Gasteiger charge is -2.39. The summed E-state index contributed by atoms with van der Waals surface area (Å²) in [5, 5.41) is 65.6. The second-order valence-corrected chi connectivity index (χ2v) is 10.2. The smallest absolute Gasteiger partial charge is 0.336 e. The molecule has 5 rings (SSSR count). The third-order valence-electron chi connectivity index (χ3n) is 6.97. The fourth-order valence-corrected chi connectivity index (χ4v) is 5.11. The van der Waals surface area contributed by atoms with Gasteiger partial charge in [-0.3, -0.25) is 4.79 Å². The van der Waals surface area contributed by atoms with E-state index in [4.69, 9.17) is 26.1 Å². The molecule has 0 radical (unpaired) electrons. The highest BCUT2D eigenvalue weighted by Crippen LogP contribution is 2.42. The zero-order chi connectivity index (χ0) is 30.8. The van der Waals surface area contributed by atoms with Crippen molar-refractivity contribution in [3.63, 3.8) is 0 Å². The molecule has 14 heteroatoms. The zero-order valence-electron chi connectivity index (χ0n) is 22.3. The van der Waals surface area contributed by atoms with Crippen LogP contribution in [0.5, 0.6) is 5.75 Å². The van der Waals surface area contributed by atoms with Crippen molar-refractivity contribution < 1.29 is 49.3 Å². The highest BCUT2D eigenvalue weighted by atomic mass is 32.1. The van der Waals surface area contributed by atoms with Crippen LogP contribution in [0.15, 0.2) is 63.8 Å². The summed E-state index contributed by atoms with van der Waals surface area (Å²) in [7, 11) is 0. The van der Waals surface area contributed by atoms with Gasteiger partial charge < -0.3 is 55.2 Å². The Kier molecular flexibility index (Phi) is 8.89. The van der Waals surface area contributed by atoms with Crippen molar-refractivity contribution in [2.75, 3.05) is 25.1 Å². The number of phenolic OH excluding ortho intramolecular Hbond substituents is 1. The number of carboxylic acids is 1. The molecule has 2 aliphatic heterocycles. The highest BCUT2D eigenvalue weighted by molar-refractivity contribution is 7.80. The predicted octanol–water partition coefficient (Wildman–Crippen LogP) is 1.07. The average Bonchev–Trinajstić information content (AvgIpc) is 2.97. The van der Waals surface area contributed by atoms with Crippen LogP contribution in [-0.2, 0) is 9.47 Å². The summed E-state index contributed by atoms with van der Waals surface area (Å²) in [6.45, 7) is -0.487. The van der Waals surface area contributed by atoms with Crippen molar-refractivity contribution in [3.05, 3.63) is 70.4 Å². The highest BCUT2D eigenvalue weighted by Gasteiger charge is 2.43. The number of carbonyl (C=O) groups is 1. The molecule has 226 valence electrons. The maximum atomic E-state index is 12.4. The second-order valence-electron chi connectivity index (χ2n) is 9.83. The first kappa shape index (κ1) is 30.3. The number of benzene rings is 3. The molecule has 0 spiro atoms. The maximum absolute atomic E-state index is 12.4. The standard InChI is InChI=1S/C29H28N2O11S/c32-12-22-24(35)25(36)26(37)28(42-22)40-8-7-30-29(43)31-13-1-4-16(19(9-13)27(38)39)23-17-5-2-14(33)10-20(17)41-21-11-15(34)3-6-18(21)23/h1-6,9-11,22,24-26,28,32-33,35-37H,7-8,12H2,(H,38,39)(H2,30,31,43)/t22?,24-,25?,26?,28+/m1/s1. The molecule has 43 heavy (non-hydrogen) atoms. The number of anilines is 1. The van der Waals surface area contributed by atoms with Crippen LogP contribution in [0.3, 0.4) is 0 Å². The van der Waals surface area contributed by atoms with E-state index in [1.165, 1.54) is 30.3 Å². The van der Waals surface area contributed by atoms with Crippen molar-refractivity contribution in [2.45, 2.75) is 30.7 Å². The van der Waals surface area contributed by atoms with E-state index in [1.807, 2.05) is 0 Å². The van der Waals surface area contributed by atoms with Crippen molar-refractivity contribution in [2.24, 2.45) is 0 Å². The third kappa shape index (κ3) is 6.30. The first-order chi connectivity index (χ1) is 20.6. The molecule has 0 amide bonds. The number of hydrogen-bond donors (Lipinski definition) is 8. The van der Waals surface area contributed by atoms with E-state index in [-0.39, 0.29) is 46.3 Å². The summed E-state index contributed by atoms with van der Waals surface area (Å²) >= 11 is 5.31. The van der Waals surface area contributed by atoms with Gasteiger partial charge in [0.05, 0.1) is 18.8 Å². The number of nitrogens with one attached hydrogen (secondary N) is 2. The van der Waals surface area contributed by atoms with Gasteiger partial charge in [-0.05, 0) is 54.2 Å². The Balaban J connectivity index is 1.32. The van der Waals surface area contributed by atoms with Crippen molar-refractivity contribution in [1.29, 1.82) is 0 Å². The lowest BCUT2D eigenvalue weighted by Crippen LogP contribution is -2.59. The van der Waals surface area contributed by atoms with Gasteiger partial charge >= 0.3 is 5.97 Å². The first-order valence-electron chi connectivity index (χ1n) is 13.1. The van der Waals surface area contributed by atoms with E-state index >= 15 is 0 Å². The fraction of sp³-hybridized carbons (Fsp3) is 0.276. The molecule has 2 aromatic rings. The number of thiocarbonyl (C=S) groups is 1. The minimum atomic E-state index is -1.56. The number of aliphatic hydroxyl groups excluding tert-OH is 4. The molecule has 0 bridgehead atoms. The van der Waals surface area contributed by atoms with Gasteiger partial charge in [0.25, 0.3) is 0 Å². The molecule has 3 unspecified atom stereocenters. The number of rotatable bonds is 8. The van der Waals surface area contributed by atoms with Crippen molar-refractivity contribution in [1.82, 2.24) is 5.32 Å². The number of aromatic hydroxyl groups is 1. The molecule has 0 saturated carbocycles. The normalized spacial score (nSPS) is 22.0. The van der Waals surface area contributed by atoms with E-state index in [2.05, 4.69) is 10.6 Å². The summed E-state index contributed by atoms with van der Waals surface area (Å²) in [6.07, 6.45) is -6.97. The van der Waals surface area contributed by atoms with Crippen LogP contribution < -0.4 is 16.1 Å². The van der Waals surface area contributed by atoms with Crippen LogP contribution in [0.25, 0.3) is 33.4 Å². The zero-order valence-corrected chi connectivity index (χ0v) is 23.2. The lowest BCUT2D eigenvalue weighted by molar-refractivity contribution is -0.300. The number of phenols is 1. The molecule has 8 N–H and O–H groups in total. The predicted molar refractivity (Wildman–Crippen MR) is 157 cm³/mol. The average molecular weight is 613 g/mol. The quantitative estimate of drug-likeness (QED) is 0.0795. The second kappa shape index (κ2) is 12.6. The van der Waals surface area contributed by atoms with Crippen LogP contribution >= 0.6 is 12.2 Å². The fourth-order valence-electron chi connectivity index (χ4n) is 4.89. The van der Waals surface area contributed by atoms with E-state index in [0.717, 1.165) is 0 Å². The van der Waals surface area contributed by atoms with Gasteiger partial charge in [0.2, 0.25) is 0 Å². The molecule has 1 fully saturated rings. The number of aromatic carboxylic acids is 1. The lowest BCUT2D eigenvalue weighted by atomic mass is 9.90. The molecule has 3 aliphatic rings. The monoisotopic (exact) mass is 612 g/mol. The van der Waals surface area contributed by atoms with Gasteiger partial charge in [0, 0.05) is 40.9 Å². The Labute approximate surface area is 248 Å². The summed E-state index contributed by atoms with van der Waals surface area (Å²) < 4.78 is 16.6. The maximum Gasteiger partial charge on any atom is 0.336 e. The summed E-state index contributed by atoms with van der Waals surface area (Å²) in [4.78, 5) is 24.4. The van der Waals surface area contributed by atoms with Crippen molar-refractivity contribution >= 4 is 40.0 Å². The van der Waals surface area contributed by atoms with Crippen molar-refractivity contribution in [3.8, 4) is 28.2 Å². The number of aliphatic hydroxyl groups is 4. The Morgan fingerprint density at radius 3 is 2.49 bits per heavy atom. The Hall–Kier alpha value is -4.15. The topological polar surface area (TPSA) is 211 Å². The molecular formula is C29H28N2O11S. The number of carboxylic acid groups (broad SMARTS) is 1. The molecule has 5 atom stereocenters. The van der Waals surface area contributed by atoms with Gasteiger partial charge in [-0.2, -0.15) is 0 Å². The Morgan fingerprint density at radius 2 is 1.74 bits per heavy atom. The van der Waals surface area contributed by atoms with Crippen LogP contribution in [0.4, 0.5) is 5.69 Å². The van der Waals surface area contributed by atoms with Gasteiger partial charge in [-0.1, -0.05) is 6.07 Å². The molecule has 2 heterocycles. The van der Waals surface area contributed by atoms with Gasteiger partial charge in [-0.15, -0.1) is 0 Å². The van der Waals surface area contributed by atoms with Gasteiger partial charge in [0.15, 0.2) is 16.8 Å². The van der Waals surface area contributed by atoms with Crippen LogP contribution in [-0.4, -0.2) is 92.2 Å². The Bertz CT molecular complexity index is 1690. The van der Waals surface area contributed by atoms with Gasteiger partial charge in [0.1, 0.15) is 41.5 Å². The van der Waals surface area contributed by atoms with E-state index in [0.29, 0.717) is 27.8 Å².